The Labute approximate surface area is 76.5 Å². The van der Waals surface area contributed by atoms with E-state index in [0.29, 0.717) is 17.3 Å². The molecule has 0 aliphatic rings. The molecule has 0 aliphatic heterocycles. The minimum Gasteiger partial charge on any atom is -0.398 e. The second-order valence-corrected chi connectivity index (χ2v) is 3.03. The molecule has 0 heterocycles. The molecule has 0 radical (unpaired) electrons. The topological polar surface area (TPSA) is 78.1 Å². The summed E-state index contributed by atoms with van der Waals surface area (Å²) >= 11 is 5.79. The Balaban J connectivity index is 2.96. The van der Waals surface area contributed by atoms with Crippen molar-refractivity contribution in [2.24, 2.45) is 11.5 Å². The van der Waals surface area contributed by atoms with Gasteiger partial charge in [0.2, 0.25) is 0 Å². The van der Waals surface area contributed by atoms with E-state index in [2.05, 4.69) is 0 Å². The quantitative estimate of drug-likeness (QED) is 0.599. The van der Waals surface area contributed by atoms with Gasteiger partial charge in [-0.05, 0) is 17.7 Å². The molecule has 0 aromatic heterocycles. The Morgan fingerprint density at radius 1 is 1.42 bits per heavy atom. The normalized spacial score (nSPS) is 12.9. The highest BCUT2D eigenvalue weighted by molar-refractivity contribution is 6.33. The zero-order chi connectivity index (χ0) is 9.14. The number of nitrogen functional groups attached to an aromatic ring is 1. The molecule has 0 fully saturated rings. The highest BCUT2D eigenvalue weighted by Gasteiger charge is 2.04. The average Bonchev–Trinajstić information content (AvgIpc) is 2.08. The van der Waals surface area contributed by atoms with Crippen molar-refractivity contribution in [3.63, 3.8) is 0 Å². The lowest BCUT2D eigenvalue weighted by atomic mass is 10.1. The van der Waals surface area contributed by atoms with Gasteiger partial charge in [-0.25, -0.2) is 0 Å². The van der Waals surface area contributed by atoms with E-state index < -0.39 is 0 Å². The van der Waals surface area contributed by atoms with E-state index in [1.54, 1.807) is 12.1 Å². The van der Waals surface area contributed by atoms with Crippen LogP contribution in [0.15, 0.2) is 18.2 Å². The largest absolute Gasteiger partial charge is 0.398 e. The first-order valence-electron chi connectivity index (χ1n) is 3.65. The number of halogens is 1. The summed E-state index contributed by atoms with van der Waals surface area (Å²) in [5, 5.41) is 0.524. The fourth-order valence-electron chi connectivity index (χ4n) is 0.910. The molecule has 1 aromatic carbocycles. The number of benzene rings is 1. The van der Waals surface area contributed by atoms with Gasteiger partial charge in [0.1, 0.15) is 0 Å². The molecule has 0 saturated carbocycles. The van der Waals surface area contributed by atoms with Gasteiger partial charge in [-0.2, -0.15) is 0 Å². The van der Waals surface area contributed by atoms with Crippen LogP contribution in [0.5, 0.6) is 0 Å². The number of nitrogens with two attached hydrogens (primary N) is 3. The Bertz CT molecular complexity index is 275. The van der Waals surface area contributed by atoms with Gasteiger partial charge in [0.25, 0.3) is 0 Å². The lowest BCUT2D eigenvalue weighted by Gasteiger charge is -2.09. The van der Waals surface area contributed by atoms with Crippen LogP contribution in [0.3, 0.4) is 0 Å². The summed E-state index contributed by atoms with van der Waals surface area (Å²) in [5.74, 6) is 0. The Morgan fingerprint density at radius 2 is 2.08 bits per heavy atom. The standard InChI is InChI=1S/C8H12ClN3/c9-6-3-5(8(12)4-10)1-2-7(6)11/h1-3,8H,4,10-12H2/t8-/m0/s1. The molecule has 0 bridgehead atoms. The van der Waals surface area contributed by atoms with Gasteiger partial charge in [0.15, 0.2) is 0 Å². The smallest absolute Gasteiger partial charge is 0.0638 e. The van der Waals surface area contributed by atoms with E-state index in [1.807, 2.05) is 6.07 Å². The third-order valence-electron chi connectivity index (χ3n) is 1.71. The van der Waals surface area contributed by atoms with Crippen LogP contribution in [0.2, 0.25) is 5.02 Å². The number of hydrogen-bond acceptors (Lipinski definition) is 3. The third-order valence-corrected chi connectivity index (χ3v) is 2.03. The van der Waals surface area contributed by atoms with Crippen molar-refractivity contribution in [3.05, 3.63) is 28.8 Å². The molecule has 1 aromatic rings. The molecule has 66 valence electrons. The van der Waals surface area contributed by atoms with Crippen molar-refractivity contribution in [3.8, 4) is 0 Å². The van der Waals surface area contributed by atoms with Crippen LogP contribution in [-0.4, -0.2) is 6.54 Å². The van der Waals surface area contributed by atoms with Crippen molar-refractivity contribution in [2.75, 3.05) is 12.3 Å². The van der Waals surface area contributed by atoms with Crippen molar-refractivity contribution in [1.29, 1.82) is 0 Å². The fourth-order valence-corrected chi connectivity index (χ4v) is 1.10. The highest BCUT2D eigenvalue weighted by atomic mass is 35.5. The minimum atomic E-state index is -0.164. The van der Waals surface area contributed by atoms with Crippen LogP contribution < -0.4 is 17.2 Å². The lowest BCUT2D eigenvalue weighted by molar-refractivity contribution is 0.737. The van der Waals surface area contributed by atoms with Gasteiger partial charge in [0, 0.05) is 12.6 Å². The van der Waals surface area contributed by atoms with Gasteiger partial charge in [-0.3, -0.25) is 0 Å². The van der Waals surface area contributed by atoms with E-state index in [4.69, 9.17) is 28.8 Å². The molecule has 6 N–H and O–H groups in total. The van der Waals surface area contributed by atoms with Crippen LogP contribution in [0.1, 0.15) is 11.6 Å². The van der Waals surface area contributed by atoms with E-state index in [0.717, 1.165) is 5.56 Å². The molecular formula is C8H12ClN3. The molecule has 0 aliphatic carbocycles. The summed E-state index contributed by atoms with van der Waals surface area (Å²) in [5.41, 5.74) is 18.1. The number of hydrogen-bond donors (Lipinski definition) is 3. The summed E-state index contributed by atoms with van der Waals surface area (Å²) in [6.45, 7) is 0.403. The molecule has 0 amide bonds. The van der Waals surface area contributed by atoms with Crippen LogP contribution >= 0.6 is 11.6 Å². The maximum Gasteiger partial charge on any atom is 0.0638 e. The zero-order valence-corrected chi connectivity index (χ0v) is 7.38. The van der Waals surface area contributed by atoms with Crippen molar-refractivity contribution >= 4 is 17.3 Å². The number of anilines is 1. The highest BCUT2D eigenvalue weighted by Crippen LogP contribution is 2.21. The van der Waals surface area contributed by atoms with E-state index in [1.165, 1.54) is 0 Å². The van der Waals surface area contributed by atoms with E-state index in [9.17, 15) is 0 Å². The summed E-state index contributed by atoms with van der Waals surface area (Å²) < 4.78 is 0. The SMILES string of the molecule is NC[C@H](N)c1ccc(N)c(Cl)c1. The molecule has 1 rings (SSSR count). The zero-order valence-electron chi connectivity index (χ0n) is 6.63. The van der Waals surface area contributed by atoms with Crippen molar-refractivity contribution in [1.82, 2.24) is 0 Å². The van der Waals surface area contributed by atoms with Crippen LogP contribution in [0.25, 0.3) is 0 Å². The van der Waals surface area contributed by atoms with E-state index in [-0.39, 0.29) is 6.04 Å². The number of rotatable bonds is 2. The molecule has 1 atom stereocenters. The maximum absolute atomic E-state index is 5.79. The first-order valence-corrected chi connectivity index (χ1v) is 4.03. The molecule has 3 nitrogen and oxygen atoms in total. The fraction of sp³-hybridized carbons (Fsp3) is 0.250. The molecule has 0 saturated heterocycles. The first kappa shape index (κ1) is 9.32. The van der Waals surface area contributed by atoms with Gasteiger partial charge in [-0.15, -0.1) is 0 Å². The molecule has 0 unspecified atom stereocenters. The predicted octanol–water partition coefficient (Wildman–Crippen LogP) is 0.881. The lowest BCUT2D eigenvalue weighted by Crippen LogP contribution is -2.20. The van der Waals surface area contributed by atoms with Crippen LogP contribution in [0.4, 0.5) is 5.69 Å². The third kappa shape index (κ3) is 1.88. The van der Waals surface area contributed by atoms with Gasteiger partial charge in [0.05, 0.1) is 10.7 Å². The van der Waals surface area contributed by atoms with Crippen molar-refractivity contribution < 1.29 is 0 Å². The molecule has 0 spiro atoms. The van der Waals surface area contributed by atoms with Gasteiger partial charge < -0.3 is 17.2 Å². The van der Waals surface area contributed by atoms with E-state index >= 15 is 0 Å². The molecule has 4 heteroatoms. The summed E-state index contributed by atoms with van der Waals surface area (Å²) in [6, 6.07) is 5.14. The first-order chi connectivity index (χ1) is 5.65. The summed E-state index contributed by atoms with van der Waals surface area (Å²) in [6.07, 6.45) is 0. The molecular weight excluding hydrogens is 174 g/mol. The Morgan fingerprint density at radius 3 is 2.58 bits per heavy atom. The van der Waals surface area contributed by atoms with Gasteiger partial charge >= 0.3 is 0 Å². The Kier molecular flexibility index (Phi) is 2.92. The second-order valence-electron chi connectivity index (χ2n) is 2.62. The van der Waals surface area contributed by atoms with Crippen LogP contribution in [0, 0.1) is 0 Å². The van der Waals surface area contributed by atoms with Gasteiger partial charge in [-0.1, -0.05) is 17.7 Å². The second kappa shape index (κ2) is 3.76. The van der Waals surface area contributed by atoms with Crippen LogP contribution in [-0.2, 0) is 0 Å². The minimum absolute atomic E-state index is 0.164. The van der Waals surface area contributed by atoms with Crippen molar-refractivity contribution in [2.45, 2.75) is 6.04 Å². The Hall–Kier alpha value is -0.770. The summed E-state index contributed by atoms with van der Waals surface area (Å²) in [4.78, 5) is 0. The summed E-state index contributed by atoms with van der Waals surface area (Å²) in [7, 11) is 0. The monoisotopic (exact) mass is 185 g/mol. The predicted molar refractivity (Wildman–Crippen MR) is 51.8 cm³/mol. The maximum atomic E-state index is 5.79. The average molecular weight is 186 g/mol. The molecule has 12 heavy (non-hydrogen) atoms.